The molecule has 0 aliphatic heterocycles. The van der Waals surface area contributed by atoms with E-state index in [0.717, 1.165) is 25.9 Å². The highest BCUT2D eigenvalue weighted by Crippen LogP contribution is 2.15. The van der Waals surface area contributed by atoms with Crippen molar-refractivity contribution >= 4 is 5.69 Å². The van der Waals surface area contributed by atoms with E-state index in [4.69, 9.17) is 0 Å². The van der Waals surface area contributed by atoms with E-state index >= 15 is 0 Å². The molecule has 0 aliphatic rings. The van der Waals surface area contributed by atoms with Crippen molar-refractivity contribution in [2.24, 2.45) is 0 Å². The summed E-state index contributed by atoms with van der Waals surface area (Å²) in [5.41, 5.74) is 1.10. The molecule has 3 nitrogen and oxygen atoms in total. The molecule has 0 saturated carbocycles. The molecule has 1 rings (SSSR count). The highest BCUT2D eigenvalue weighted by Gasteiger charge is 2.21. The van der Waals surface area contributed by atoms with Crippen LogP contribution in [0.15, 0.2) is 30.3 Å². The number of anilines is 1. The highest BCUT2D eigenvalue weighted by atomic mass is 16.3. The van der Waals surface area contributed by atoms with Gasteiger partial charge in [0.25, 0.3) is 0 Å². The maximum atomic E-state index is 9.42. The van der Waals surface area contributed by atoms with Gasteiger partial charge in [-0.2, -0.15) is 0 Å². The van der Waals surface area contributed by atoms with Gasteiger partial charge in [0.1, 0.15) is 0 Å². The normalized spacial score (nSPS) is 14.2. The largest absolute Gasteiger partial charge is 0.394 e. The van der Waals surface area contributed by atoms with E-state index < -0.39 is 0 Å². The molecule has 0 fully saturated rings. The van der Waals surface area contributed by atoms with Crippen LogP contribution in [0.5, 0.6) is 0 Å². The second-order valence-electron chi connectivity index (χ2n) is 5.11. The van der Waals surface area contributed by atoms with Gasteiger partial charge >= 0.3 is 0 Å². The third-order valence-electron chi connectivity index (χ3n) is 3.37. The number of nitrogens with one attached hydrogen (secondary N) is 1. The molecule has 1 aromatic carbocycles. The van der Waals surface area contributed by atoms with E-state index in [0.29, 0.717) is 0 Å². The Morgan fingerprint density at radius 1 is 1.28 bits per heavy atom. The topological polar surface area (TPSA) is 35.5 Å². The van der Waals surface area contributed by atoms with Crippen molar-refractivity contribution in [2.75, 3.05) is 31.6 Å². The third kappa shape index (κ3) is 4.67. The summed E-state index contributed by atoms with van der Waals surface area (Å²) in [6.07, 6.45) is 2.05. The first kappa shape index (κ1) is 15.0. The van der Waals surface area contributed by atoms with Gasteiger partial charge in [-0.05, 0) is 38.4 Å². The fraction of sp³-hybridized carbons (Fsp3) is 0.600. The number of rotatable bonds is 8. The number of aliphatic hydroxyl groups is 1. The monoisotopic (exact) mass is 250 g/mol. The lowest BCUT2D eigenvalue weighted by Gasteiger charge is -2.29. The Morgan fingerprint density at radius 3 is 2.50 bits per heavy atom. The molecule has 0 spiro atoms. The number of benzene rings is 1. The zero-order chi connectivity index (χ0) is 13.4. The van der Waals surface area contributed by atoms with E-state index in [1.807, 2.05) is 6.07 Å². The smallest absolute Gasteiger partial charge is 0.0610 e. The number of aliphatic hydroxyl groups excluding tert-OH is 1. The van der Waals surface area contributed by atoms with Crippen LogP contribution in [0, 0.1) is 0 Å². The molecule has 1 aromatic rings. The van der Waals surface area contributed by atoms with Gasteiger partial charge in [0.15, 0.2) is 0 Å². The van der Waals surface area contributed by atoms with Crippen LogP contribution in [-0.2, 0) is 0 Å². The van der Waals surface area contributed by atoms with Gasteiger partial charge in [0.05, 0.1) is 6.61 Å². The summed E-state index contributed by atoms with van der Waals surface area (Å²) < 4.78 is 0. The summed E-state index contributed by atoms with van der Waals surface area (Å²) in [5, 5.41) is 12.8. The summed E-state index contributed by atoms with van der Waals surface area (Å²) in [5.74, 6) is 0. The van der Waals surface area contributed by atoms with Crippen molar-refractivity contribution in [3.05, 3.63) is 30.3 Å². The summed E-state index contributed by atoms with van der Waals surface area (Å²) in [4.78, 5) is 2.25. The van der Waals surface area contributed by atoms with Crippen LogP contribution in [0.2, 0.25) is 0 Å². The van der Waals surface area contributed by atoms with E-state index in [9.17, 15) is 5.11 Å². The SMILES string of the molecule is CCNC(C)(CO)CCCN(C)c1ccccc1. The summed E-state index contributed by atoms with van der Waals surface area (Å²) in [6, 6.07) is 10.4. The highest BCUT2D eigenvalue weighted by molar-refractivity contribution is 5.44. The molecule has 0 aromatic heterocycles. The van der Waals surface area contributed by atoms with Crippen molar-refractivity contribution < 1.29 is 5.11 Å². The van der Waals surface area contributed by atoms with Crippen LogP contribution in [0.4, 0.5) is 5.69 Å². The minimum atomic E-state index is -0.147. The number of para-hydroxylation sites is 1. The standard InChI is InChI=1S/C15H26N2O/c1-4-16-15(2,13-18)11-8-12-17(3)14-9-6-5-7-10-14/h5-7,9-10,16,18H,4,8,11-13H2,1-3H3. The maximum absolute atomic E-state index is 9.42. The van der Waals surface area contributed by atoms with E-state index in [-0.39, 0.29) is 12.1 Å². The van der Waals surface area contributed by atoms with Crippen molar-refractivity contribution in [2.45, 2.75) is 32.2 Å². The van der Waals surface area contributed by atoms with Gasteiger partial charge in [-0.1, -0.05) is 25.1 Å². The zero-order valence-corrected chi connectivity index (χ0v) is 11.8. The Labute approximate surface area is 111 Å². The molecule has 1 atom stereocenters. The predicted octanol–water partition coefficient (Wildman–Crippen LogP) is 2.26. The molecule has 1 unspecified atom stereocenters. The Hall–Kier alpha value is -1.06. The predicted molar refractivity (Wildman–Crippen MR) is 78.1 cm³/mol. The Balaban J connectivity index is 2.37. The first-order valence-corrected chi connectivity index (χ1v) is 6.73. The van der Waals surface area contributed by atoms with Crippen LogP contribution in [0.1, 0.15) is 26.7 Å². The van der Waals surface area contributed by atoms with Crippen LogP contribution in [0.25, 0.3) is 0 Å². The quantitative estimate of drug-likeness (QED) is 0.743. The van der Waals surface area contributed by atoms with Crippen LogP contribution in [0.3, 0.4) is 0 Å². The second-order valence-corrected chi connectivity index (χ2v) is 5.11. The van der Waals surface area contributed by atoms with E-state index in [1.54, 1.807) is 0 Å². The van der Waals surface area contributed by atoms with Gasteiger partial charge in [0, 0.05) is 24.8 Å². The zero-order valence-electron chi connectivity index (χ0n) is 11.8. The molecule has 3 heteroatoms. The number of hydrogen-bond acceptors (Lipinski definition) is 3. The minimum Gasteiger partial charge on any atom is -0.394 e. The lowest BCUT2D eigenvalue weighted by atomic mass is 9.96. The average molecular weight is 250 g/mol. The van der Waals surface area contributed by atoms with Crippen LogP contribution >= 0.6 is 0 Å². The minimum absolute atomic E-state index is 0.147. The molecule has 0 radical (unpaired) electrons. The molecule has 18 heavy (non-hydrogen) atoms. The van der Waals surface area contributed by atoms with Gasteiger partial charge in [0.2, 0.25) is 0 Å². The van der Waals surface area contributed by atoms with E-state index in [2.05, 4.69) is 55.4 Å². The fourth-order valence-electron chi connectivity index (χ4n) is 2.17. The Morgan fingerprint density at radius 2 is 1.94 bits per heavy atom. The van der Waals surface area contributed by atoms with Gasteiger partial charge < -0.3 is 15.3 Å². The molecule has 0 heterocycles. The second kappa shape index (κ2) is 7.39. The summed E-state index contributed by atoms with van der Waals surface area (Å²) in [6.45, 7) is 6.25. The molecule has 0 saturated heterocycles. The third-order valence-corrected chi connectivity index (χ3v) is 3.37. The Bertz CT molecular complexity index is 329. The molecular weight excluding hydrogens is 224 g/mol. The molecular formula is C15H26N2O. The lowest BCUT2D eigenvalue weighted by Crippen LogP contribution is -2.46. The summed E-state index contributed by atoms with van der Waals surface area (Å²) in [7, 11) is 2.11. The molecule has 0 aliphatic carbocycles. The van der Waals surface area contributed by atoms with Crippen molar-refractivity contribution in [1.82, 2.24) is 5.32 Å². The number of likely N-dealkylation sites (N-methyl/N-ethyl adjacent to an activating group) is 1. The first-order valence-electron chi connectivity index (χ1n) is 6.73. The molecule has 0 bridgehead atoms. The molecule has 0 amide bonds. The number of nitrogens with zero attached hydrogens (tertiary/aromatic N) is 1. The van der Waals surface area contributed by atoms with E-state index in [1.165, 1.54) is 5.69 Å². The molecule has 102 valence electrons. The van der Waals surface area contributed by atoms with Crippen molar-refractivity contribution in [1.29, 1.82) is 0 Å². The number of hydrogen-bond donors (Lipinski definition) is 2. The first-order chi connectivity index (χ1) is 8.61. The van der Waals surface area contributed by atoms with Crippen molar-refractivity contribution in [3.63, 3.8) is 0 Å². The lowest BCUT2D eigenvalue weighted by molar-refractivity contribution is 0.166. The molecule has 2 N–H and O–H groups in total. The van der Waals surface area contributed by atoms with Crippen LogP contribution < -0.4 is 10.2 Å². The summed E-state index contributed by atoms with van der Waals surface area (Å²) >= 11 is 0. The fourth-order valence-corrected chi connectivity index (χ4v) is 2.17. The van der Waals surface area contributed by atoms with Gasteiger partial charge in [-0.15, -0.1) is 0 Å². The van der Waals surface area contributed by atoms with Gasteiger partial charge in [-0.25, -0.2) is 0 Å². The van der Waals surface area contributed by atoms with Gasteiger partial charge in [-0.3, -0.25) is 0 Å². The Kier molecular flexibility index (Phi) is 6.16. The van der Waals surface area contributed by atoms with Crippen molar-refractivity contribution in [3.8, 4) is 0 Å². The average Bonchev–Trinajstić information content (AvgIpc) is 2.40. The van der Waals surface area contributed by atoms with Crippen LogP contribution in [-0.4, -0.2) is 37.4 Å². The maximum Gasteiger partial charge on any atom is 0.0610 e.